The minimum Gasteiger partial charge on any atom is -0.382 e. The Hall–Kier alpha value is -3.53. The van der Waals surface area contributed by atoms with Gasteiger partial charge in [-0.1, -0.05) is 50.6 Å². The summed E-state index contributed by atoms with van der Waals surface area (Å²) in [6, 6.07) is 16.0. The van der Waals surface area contributed by atoms with Crippen LogP contribution in [0.4, 0.5) is 5.82 Å². The number of amides is 1. The van der Waals surface area contributed by atoms with Crippen LogP contribution in [0.15, 0.2) is 48.5 Å². The third kappa shape index (κ3) is 9.74. The first-order valence-electron chi connectivity index (χ1n) is 16.6. The first-order valence-corrected chi connectivity index (χ1v) is 16.6. The van der Waals surface area contributed by atoms with Crippen molar-refractivity contribution in [2.24, 2.45) is 0 Å². The highest BCUT2D eigenvalue weighted by Crippen LogP contribution is 2.30. The molecule has 1 amide bonds. The molecule has 2 heterocycles. The van der Waals surface area contributed by atoms with Crippen molar-refractivity contribution in [3.8, 4) is 0 Å². The van der Waals surface area contributed by atoms with E-state index in [2.05, 4.69) is 50.7 Å². The summed E-state index contributed by atoms with van der Waals surface area (Å²) in [6.45, 7) is 12.0. The number of carbonyl (C=O) groups is 1. The zero-order valence-corrected chi connectivity index (χ0v) is 26.8. The number of nitrogens with one attached hydrogen (secondary N) is 4. The van der Waals surface area contributed by atoms with E-state index in [1.807, 2.05) is 42.5 Å². The Morgan fingerprint density at radius 1 is 0.750 bits per heavy atom. The van der Waals surface area contributed by atoms with Crippen LogP contribution in [0.5, 0.6) is 0 Å². The number of nitrogens with two attached hydrogens (primary N) is 1. The van der Waals surface area contributed by atoms with Crippen molar-refractivity contribution < 1.29 is 4.79 Å². The van der Waals surface area contributed by atoms with Gasteiger partial charge in [0.05, 0.1) is 11.0 Å². The van der Waals surface area contributed by atoms with Crippen LogP contribution in [0, 0.1) is 0 Å². The Kier molecular flexibility index (Phi) is 13.9. The average molecular weight is 601 g/mol. The molecule has 238 valence electrons. The summed E-state index contributed by atoms with van der Waals surface area (Å²) in [7, 11) is 0. The summed E-state index contributed by atoms with van der Waals surface area (Å²) >= 11 is 0. The molecule has 0 aliphatic rings. The van der Waals surface area contributed by atoms with Crippen molar-refractivity contribution in [2.75, 3.05) is 51.5 Å². The van der Waals surface area contributed by atoms with Crippen LogP contribution in [0.3, 0.4) is 0 Å². The van der Waals surface area contributed by atoms with E-state index in [4.69, 9.17) is 10.7 Å². The monoisotopic (exact) mass is 600 g/mol. The smallest absolute Gasteiger partial charge is 0.251 e. The zero-order chi connectivity index (χ0) is 31.0. The molecule has 4 aromatic rings. The van der Waals surface area contributed by atoms with E-state index in [9.17, 15) is 4.79 Å². The van der Waals surface area contributed by atoms with E-state index in [0.29, 0.717) is 24.5 Å². The Morgan fingerprint density at radius 3 is 2.11 bits per heavy atom. The number of aryl methyl sites for hydroxylation is 1. The fourth-order valence-corrected chi connectivity index (χ4v) is 5.45. The summed E-state index contributed by atoms with van der Waals surface area (Å²) in [5.41, 5.74) is 10.8. The third-order valence-electron chi connectivity index (χ3n) is 7.91. The van der Waals surface area contributed by atoms with Crippen LogP contribution < -0.4 is 27.0 Å². The summed E-state index contributed by atoms with van der Waals surface area (Å²) in [5.74, 6) is 1.45. The molecular formula is C35H52N8O. The number of rotatable bonds is 21. The molecule has 0 unspecified atom stereocenters. The Morgan fingerprint density at radius 2 is 1.41 bits per heavy atom. The Bertz CT molecular complexity index is 1430. The van der Waals surface area contributed by atoms with Gasteiger partial charge < -0.3 is 31.6 Å². The number of unbranched alkanes of at least 4 members (excludes halogenated alkanes) is 2. The van der Waals surface area contributed by atoms with Crippen molar-refractivity contribution in [1.82, 2.24) is 35.8 Å². The van der Waals surface area contributed by atoms with Crippen molar-refractivity contribution >= 4 is 33.7 Å². The van der Waals surface area contributed by atoms with Crippen LogP contribution in [0.25, 0.3) is 21.9 Å². The number of aromatic nitrogens is 3. The van der Waals surface area contributed by atoms with E-state index < -0.39 is 0 Å². The van der Waals surface area contributed by atoms with E-state index >= 15 is 0 Å². The number of para-hydroxylation sites is 1. The van der Waals surface area contributed by atoms with Crippen LogP contribution >= 0.6 is 0 Å². The van der Waals surface area contributed by atoms with Gasteiger partial charge in [0, 0.05) is 30.5 Å². The highest BCUT2D eigenvalue weighted by atomic mass is 16.1. The number of imidazole rings is 1. The zero-order valence-electron chi connectivity index (χ0n) is 26.8. The summed E-state index contributed by atoms with van der Waals surface area (Å²) in [4.78, 5) is 22.3. The maximum Gasteiger partial charge on any atom is 0.251 e. The topological polar surface area (TPSA) is 122 Å². The first-order chi connectivity index (χ1) is 21.6. The largest absolute Gasteiger partial charge is 0.382 e. The standard InChI is InChI=1S/C35H52N8O/c1-3-5-14-31-42-32-33(29-12-6-7-13-30(29)41-34(32)36)43(31)26-27-15-17-28(18-16-27)35(44)40-25-11-24-39-21-9-8-20-38-23-10-22-37-19-4-2/h6-7,12-13,15-18,37-39H,3-5,8-11,14,19-26H2,1-2H3,(H2,36,41)(H,40,44). The minimum atomic E-state index is -0.0333. The molecule has 9 nitrogen and oxygen atoms in total. The van der Waals surface area contributed by atoms with Crippen molar-refractivity contribution in [3.05, 3.63) is 65.5 Å². The molecule has 0 fully saturated rings. The number of fused-ring (bicyclic) bond motifs is 3. The molecule has 0 saturated heterocycles. The molecule has 0 bridgehead atoms. The molecule has 2 aromatic heterocycles. The van der Waals surface area contributed by atoms with Crippen molar-refractivity contribution in [3.63, 3.8) is 0 Å². The van der Waals surface area contributed by atoms with Gasteiger partial charge in [-0.05, 0) is 102 Å². The molecule has 0 aliphatic carbocycles. The third-order valence-corrected chi connectivity index (χ3v) is 7.91. The van der Waals surface area contributed by atoms with Crippen molar-refractivity contribution in [2.45, 2.75) is 71.8 Å². The van der Waals surface area contributed by atoms with Gasteiger partial charge in [0.25, 0.3) is 5.91 Å². The van der Waals surface area contributed by atoms with E-state index in [0.717, 1.165) is 105 Å². The van der Waals surface area contributed by atoms with Gasteiger partial charge in [-0.2, -0.15) is 0 Å². The molecule has 6 N–H and O–H groups in total. The van der Waals surface area contributed by atoms with Gasteiger partial charge >= 0.3 is 0 Å². The van der Waals surface area contributed by atoms with Crippen LogP contribution in [0.1, 0.15) is 80.5 Å². The van der Waals surface area contributed by atoms with E-state index in [1.165, 1.54) is 19.3 Å². The minimum absolute atomic E-state index is 0.0333. The van der Waals surface area contributed by atoms with Gasteiger partial charge in [0.1, 0.15) is 11.3 Å². The molecule has 9 heteroatoms. The fraction of sp³-hybridized carbons (Fsp3) is 0.514. The van der Waals surface area contributed by atoms with Gasteiger partial charge in [0.15, 0.2) is 5.82 Å². The predicted molar refractivity (Wildman–Crippen MR) is 183 cm³/mol. The molecule has 2 aromatic carbocycles. The first kappa shape index (κ1) is 33.4. The van der Waals surface area contributed by atoms with Gasteiger partial charge in [-0.3, -0.25) is 4.79 Å². The maximum atomic E-state index is 12.8. The van der Waals surface area contributed by atoms with Gasteiger partial charge in [-0.25, -0.2) is 9.97 Å². The molecule has 0 saturated carbocycles. The summed E-state index contributed by atoms with van der Waals surface area (Å²) in [6.07, 6.45) is 8.65. The Labute approximate surface area is 262 Å². The second-order valence-electron chi connectivity index (χ2n) is 11.5. The molecule has 0 radical (unpaired) electrons. The van der Waals surface area contributed by atoms with Crippen LogP contribution in [-0.2, 0) is 13.0 Å². The second kappa shape index (κ2) is 18.3. The number of anilines is 1. The molecular weight excluding hydrogens is 548 g/mol. The van der Waals surface area contributed by atoms with E-state index in [1.54, 1.807) is 0 Å². The lowest BCUT2D eigenvalue weighted by Gasteiger charge is -2.12. The van der Waals surface area contributed by atoms with Gasteiger partial charge in [0.2, 0.25) is 0 Å². The lowest BCUT2D eigenvalue weighted by molar-refractivity contribution is 0.0953. The number of hydrogen-bond acceptors (Lipinski definition) is 7. The summed E-state index contributed by atoms with van der Waals surface area (Å²) in [5, 5.41) is 14.5. The van der Waals surface area contributed by atoms with Crippen LogP contribution in [0.2, 0.25) is 0 Å². The molecule has 4 rings (SSSR count). The molecule has 0 spiro atoms. The molecule has 0 aliphatic heterocycles. The number of hydrogen-bond donors (Lipinski definition) is 5. The quantitative estimate of drug-likeness (QED) is 0.0851. The predicted octanol–water partition coefficient (Wildman–Crippen LogP) is 5.03. The highest BCUT2D eigenvalue weighted by molar-refractivity contribution is 6.06. The lowest BCUT2D eigenvalue weighted by atomic mass is 10.1. The lowest BCUT2D eigenvalue weighted by Crippen LogP contribution is -2.28. The highest BCUT2D eigenvalue weighted by Gasteiger charge is 2.17. The fourth-order valence-electron chi connectivity index (χ4n) is 5.45. The average Bonchev–Trinajstić information content (AvgIpc) is 3.40. The SMILES string of the molecule is CCCCc1nc2c(N)nc3ccccc3c2n1Cc1ccc(C(=O)NCCCNCCCCNCCCNCCC)cc1. The Balaban J connectivity index is 1.20. The van der Waals surface area contributed by atoms with Crippen LogP contribution in [-0.4, -0.2) is 66.3 Å². The van der Waals surface area contributed by atoms with Gasteiger partial charge in [-0.15, -0.1) is 0 Å². The number of pyridine rings is 1. The maximum absolute atomic E-state index is 12.8. The summed E-state index contributed by atoms with van der Waals surface area (Å²) < 4.78 is 2.28. The number of carbonyl (C=O) groups excluding carboxylic acids is 1. The number of nitrogen functional groups attached to an aromatic ring is 1. The number of benzene rings is 2. The normalized spacial score (nSPS) is 11.5. The molecule has 44 heavy (non-hydrogen) atoms. The second-order valence-corrected chi connectivity index (χ2v) is 11.5. The van der Waals surface area contributed by atoms with Crippen molar-refractivity contribution in [1.29, 1.82) is 0 Å². The molecule has 0 atom stereocenters. The van der Waals surface area contributed by atoms with E-state index in [-0.39, 0.29) is 5.91 Å². The number of nitrogens with zero attached hydrogens (tertiary/aromatic N) is 3.